The predicted molar refractivity (Wildman–Crippen MR) is 65.5 cm³/mol. The van der Waals surface area contributed by atoms with Gasteiger partial charge in [0, 0.05) is 19.7 Å². The van der Waals surface area contributed by atoms with E-state index in [0.717, 1.165) is 12.1 Å². The Morgan fingerprint density at radius 2 is 2.12 bits per heavy atom. The van der Waals surface area contributed by atoms with E-state index < -0.39 is 0 Å². The van der Waals surface area contributed by atoms with Gasteiger partial charge in [-0.05, 0) is 24.6 Å². The van der Waals surface area contributed by atoms with Crippen molar-refractivity contribution in [3.8, 4) is 0 Å². The molecular weight excluding hydrogens is 221 g/mol. The second kappa shape index (κ2) is 8.17. The molecule has 1 unspecified atom stereocenters. The lowest BCUT2D eigenvalue weighted by molar-refractivity contribution is 0.0712. The summed E-state index contributed by atoms with van der Waals surface area (Å²) in [6.45, 7) is 4.58. The Morgan fingerprint density at radius 3 is 2.82 bits per heavy atom. The first kappa shape index (κ1) is 14.1. The summed E-state index contributed by atoms with van der Waals surface area (Å²) in [5, 5.41) is 3.27. The first-order chi connectivity index (χ1) is 8.24. The smallest absolute Gasteiger partial charge is 0.123 e. The molecule has 0 amide bonds. The number of nitrogens with one attached hydrogen (secondary N) is 1. The van der Waals surface area contributed by atoms with E-state index in [1.165, 1.54) is 6.07 Å². The summed E-state index contributed by atoms with van der Waals surface area (Å²) in [7, 11) is 1.65. The summed E-state index contributed by atoms with van der Waals surface area (Å²) in [4.78, 5) is 0. The molecule has 0 spiro atoms. The van der Waals surface area contributed by atoms with Gasteiger partial charge in [-0.15, -0.1) is 0 Å². The summed E-state index contributed by atoms with van der Waals surface area (Å²) in [6.07, 6.45) is 0. The van der Waals surface area contributed by atoms with E-state index in [2.05, 4.69) is 5.32 Å². The highest BCUT2D eigenvalue weighted by molar-refractivity contribution is 5.19. The predicted octanol–water partition coefficient (Wildman–Crippen LogP) is 2.14. The molecule has 1 N–H and O–H groups in total. The third-order valence-corrected chi connectivity index (χ3v) is 2.48. The second-order valence-electron chi connectivity index (χ2n) is 3.84. The van der Waals surface area contributed by atoms with Crippen molar-refractivity contribution in [3.05, 3.63) is 35.6 Å². The number of ether oxygens (including phenoxy) is 2. The minimum atomic E-state index is -0.201. The molecule has 1 atom stereocenters. The van der Waals surface area contributed by atoms with Crippen LogP contribution < -0.4 is 5.32 Å². The van der Waals surface area contributed by atoms with Gasteiger partial charge in [0.1, 0.15) is 5.82 Å². The molecule has 0 saturated heterocycles. The molecule has 1 aromatic carbocycles. The fourth-order valence-electron chi connectivity index (χ4n) is 1.49. The molecule has 0 aliphatic rings. The van der Waals surface area contributed by atoms with E-state index in [9.17, 15) is 4.39 Å². The quantitative estimate of drug-likeness (QED) is 0.707. The van der Waals surface area contributed by atoms with E-state index in [4.69, 9.17) is 9.47 Å². The highest BCUT2D eigenvalue weighted by Gasteiger charge is 2.04. The van der Waals surface area contributed by atoms with E-state index in [0.29, 0.717) is 19.8 Å². The van der Waals surface area contributed by atoms with Crippen LogP contribution in [0.1, 0.15) is 18.5 Å². The molecule has 1 rings (SSSR count). The van der Waals surface area contributed by atoms with E-state index in [-0.39, 0.29) is 11.9 Å². The molecule has 4 heteroatoms. The van der Waals surface area contributed by atoms with Gasteiger partial charge in [-0.1, -0.05) is 12.1 Å². The average Bonchev–Trinajstić information content (AvgIpc) is 2.33. The minimum absolute atomic E-state index is 0.122. The van der Waals surface area contributed by atoms with Crippen molar-refractivity contribution >= 4 is 0 Å². The molecule has 0 fully saturated rings. The number of rotatable bonds is 8. The van der Waals surface area contributed by atoms with Crippen molar-refractivity contribution in [2.75, 3.05) is 33.5 Å². The fourth-order valence-corrected chi connectivity index (χ4v) is 1.49. The zero-order valence-corrected chi connectivity index (χ0v) is 10.4. The lowest BCUT2D eigenvalue weighted by Gasteiger charge is -2.14. The first-order valence-corrected chi connectivity index (χ1v) is 5.79. The maximum atomic E-state index is 13.0. The van der Waals surface area contributed by atoms with Crippen molar-refractivity contribution in [3.63, 3.8) is 0 Å². The second-order valence-corrected chi connectivity index (χ2v) is 3.84. The molecule has 0 aromatic heterocycles. The van der Waals surface area contributed by atoms with E-state index >= 15 is 0 Å². The van der Waals surface area contributed by atoms with Crippen LogP contribution in [0.15, 0.2) is 24.3 Å². The van der Waals surface area contributed by atoms with Gasteiger partial charge in [0.05, 0.1) is 19.8 Å². The standard InChI is InChI=1S/C13H20FNO2/c1-11(12-4-3-5-13(14)10-12)15-6-7-17-9-8-16-2/h3-5,10-11,15H,6-9H2,1-2H3. The first-order valence-electron chi connectivity index (χ1n) is 5.79. The van der Waals surface area contributed by atoms with Crippen molar-refractivity contribution in [2.24, 2.45) is 0 Å². The molecule has 0 heterocycles. The van der Waals surface area contributed by atoms with Crippen LogP contribution in [0.25, 0.3) is 0 Å². The maximum Gasteiger partial charge on any atom is 0.123 e. The molecule has 96 valence electrons. The number of hydrogen-bond acceptors (Lipinski definition) is 3. The highest BCUT2D eigenvalue weighted by atomic mass is 19.1. The molecule has 0 bridgehead atoms. The minimum Gasteiger partial charge on any atom is -0.382 e. The van der Waals surface area contributed by atoms with Crippen molar-refractivity contribution in [2.45, 2.75) is 13.0 Å². The van der Waals surface area contributed by atoms with E-state index in [1.807, 2.05) is 13.0 Å². The van der Waals surface area contributed by atoms with Crippen LogP contribution >= 0.6 is 0 Å². The van der Waals surface area contributed by atoms with Gasteiger partial charge in [0.2, 0.25) is 0 Å². The van der Waals surface area contributed by atoms with Gasteiger partial charge >= 0.3 is 0 Å². The number of halogens is 1. The SMILES string of the molecule is COCCOCCNC(C)c1cccc(F)c1. The summed E-state index contributed by atoms with van der Waals surface area (Å²) < 4.78 is 23.2. The van der Waals surface area contributed by atoms with Crippen LogP contribution in [-0.2, 0) is 9.47 Å². The van der Waals surface area contributed by atoms with E-state index in [1.54, 1.807) is 19.2 Å². The molecule has 3 nitrogen and oxygen atoms in total. The Labute approximate surface area is 102 Å². The van der Waals surface area contributed by atoms with Crippen LogP contribution in [0.2, 0.25) is 0 Å². The Balaban J connectivity index is 2.19. The number of benzene rings is 1. The molecule has 0 aliphatic carbocycles. The Kier molecular flexibility index (Phi) is 6.77. The van der Waals surface area contributed by atoms with Gasteiger partial charge in [0.15, 0.2) is 0 Å². The van der Waals surface area contributed by atoms with Crippen LogP contribution in [0.3, 0.4) is 0 Å². The van der Waals surface area contributed by atoms with Gasteiger partial charge in [-0.3, -0.25) is 0 Å². The van der Waals surface area contributed by atoms with Crippen molar-refractivity contribution in [1.29, 1.82) is 0 Å². The monoisotopic (exact) mass is 241 g/mol. The molecule has 0 radical (unpaired) electrons. The summed E-state index contributed by atoms with van der Waals surface area (Å²) in [5.41, 5.74) is 0.946. The Hall–Kier alpha value is -0.970. The normalized spacial score (nSPS) is 12.6. The average molecular weight is 241 g/mol. The molecule has 17 heavy (non-hydrogen) atoms. The largest absolute Gasteiger partial charge is 0.382 e. The third-order valence-electron chi connectivity index (χ3n) is 2.48. The van der Waals surface area contributed by atoms with Crippen LogP contribution in [0.5, 0.6) is 0 Å². The van der Waals surface area contributed by atoms with Gasteiger partial charge in [-0.2, -0.15) is 0 Å². The lowest BCUT2D eigenvalue weighted by atomic mass is 10.1. The van der Waals surface area contributed by atoms with Gasteiger partial charge in [-0.25, -0.2) is 4.39 Å². The number of hydrogen-bond donors (Lipinski definition) is 1. The van der Waals surface area contributed by atoms with Crippen molar-refractivity contribution < 1.29 is 13.9 Å². The maximum absolute atomic E-state index is 13.0. The zero-order chi connectivity index (χ0) is 12.5. The lowest BCUT2D eigenvalue weighted by Crippen LogP contribution is -2.23. The molecule has 0 saturated carbocycles. The summed E-state index contributed by atoms with van der Waals surface area (Å²) in [5.74, 6) is -0.201. The molecule has 1 aromatic rings. The zero-order valence-electron chi connectivity index (χ0n) is 10.4. The fraction of sp³-hybridized carbons (Fsp3) is 0.538. The van der Waals surface area contributed by atoms with Gasteiger partial charge < -0.3 is 14.8 Å². The van der Waals surface area contributed by atoms with Crippen LogP contribution in [0.4, 0.5) is 4.39 Å². The highest BCUT2D eigenvalue weighted by Crippen LogP contribution is 2.12. The summed E-state index contributed by atoms with van der Waals surface area (Å²) in [6, 6.07) is 6.74. The van der Waals surface area contributed by atoms with Crippen LogP contribution in [-0.4, -0.2) is 33.5 Å². The van der Waals surface area contributed by atoms with Crippen LogP contribution in [0, 0.1) is 5.82 Å². The summed E-state index contributed by atoms with van der Waals surface area (Å²) >= 11 is 0. The van der Waals surface area contributed by atoms with Gasteiger partial charge in [0.25, 0.3) is 0 Å². The third kappa shape index (κ3) is 5.77. The Morgan fingerprint density at radius 1 is 1.29 bits per heavy atom. The topological polar surface area (TPSA) is 30.5 Å². The number of methoxy groups -OCH3 is 1. The Bertz CT molecular complexity index is 320. The molecular formula is C13H20FNO2. The molecule has 0 aliphatic heterocycles. The van der Waals surface area contributed by atoms with Crippen molar-refractivity contribution in [1.82, 2.24) is 5.32 Å².